The molecule has 0 heterocycles. The van der Waals surface area contributed by atoms with Crippen LogP contribution in [-0.4, -0.2) is 6.61 Å². The lowest BCUT2D eigenvalue weighted by Gasteiger charge is -2.29. The first kappa shape index (κ1) is 24.8. The lowest BCUT2D eigenvalue weighted by molar-refractivity contribution is 0.121. The van der Waals surface area contributed by atoms with Crippen LogP contribution in [0.3, 0.4) is 0 Å². The summed E-state index contributed by atoms with van der Waals surface area (Å²) in [5, 5.41) is 0. The summed E-state index contributed by atoms with van der Waals surface area (Å²) in [6.07, 6.45) is 18.7. The van der Waals surface area contributed by atoms with E-state index in [4.69, 9.17) is 4.74 Å². The Labute approximate surface area is 197 Å². The van der Waals surface area contributed by atoms with Gasteiger partial charge in [-0.3, -0.25) is 0 Å². The van der Waals surface area contributed by atoms with Gasteiger partial charge >= 0.3 is 0 Å². The van der Waals surface area contributed by atoms with Gasteiger partial charge in [-0.25, -0.2) is 0 Å². The second-order valence-electron chi connectivity index (χ2n) is 9.68. The summed E-state index contributed by atoms with van der Waals surface area (Å²) in [5.74, 6) is 1.71. The van der Waals surface area contributed by atoms with Crippen LogP contribution in [0.5, 0.6) is 0 Å². The van der Waals surface area contributed by atoms with E-state index >= 15 is 0 Å². The highest BCUT2D eigenvalue weighted by molar-refractivity contribution is 5.25. The highest BCUT2D eigenvalue weighted by Gasteiger charge is 2.22. The molecule has 32 heavy (non-hydrogen) atoms. The molecule has 0 aromatic heterocycles. The zero-order valence-corrected chi connectivity index (χ0v) is 20.5. The van der Waals surface area contributed by atoms with Crippen LogP contribution < -0.4 is 0 Å². The maximum Gasteiger partial charge on any atom is 0.0716 e. The summed E-state index contributed by atoms with van der Waals surface area (Å²) >= 11 is 0. The van der Waals surface area contributed by atoms with Crippen molar-refractivity contribution in [3.05, 3.63) is 82.9 Å². The monoisotopic (exact) mass is 432 g/mol. The molecule has 0 saturated heterocycles. The van der Waals surface area contributed by atoms with Crippen molar-refractivity contribution < 1.29 is 4.74 Å². The third-order valence-corrected chi connectivity index (χ3v) is 7.10. The summed E-state index contributed by atoms with van der Waals surface area (Å²) in [5.41, 5.74) is 5.81. The first-order valence-corrected chi connectivity index (χ1v) is 13.1. The lowest BCUT2D eigenvalue weighted by Crippen LogP contribution is -2.13. The van der Waals surface area contributed by atoms with Crippen molar-refractivity contribution in [1.82, 2.24) is 0 Å². The Morgan fingerprint density at radius 3 is 2.12 bits per heavy atom. The van der Waals surface area contributed by atoms with Gasteiger partial charge in [0, 0.05) is 6.61 Å². The van der Waals surface area contributed by atoms with Crippen molar-refractivity contribution in [2.75, 3.05) is 6.61 Å². The first-order valence-electron chi connectivity index (χ1n) is 13.1. The van der Waals surface area contributed by atoms with Crippen molar-refractivity contribution in [2.24, 2.45) is 5.92 Å². The van der Waals surface area contributed by atoms with Crippen molar-refractivity contribution in [3.63, 3.8) is 0 Å². The molecule has 1 aliphatic carbocycles. The van der Waals surface area contributed by atoms with E-state index in [2.05, 4.69) is 74.5 Å². The Kier molecular flexibility index (Phi) is 11.1. The van der Waals surface area contributed by atoms with Gasteiger partial charge in [-0.15, -0.1) is 0 Å². The third-order valence-electron chi connectivity index (χ3n) is 7.10. The molecule has 2 aromatic rings. The number of hydrogen-bond acceptors (Lipinski definition) is 1. The summed E-state index contributed by atoms with van der Waals surface area (Å²) in [6, 6.07) is 18.6. The molecule has 0 atom stereocenters. The van der Waals surface area contributed by atoms with Crippen LogP contribution in [0.4, 0.5) is 0 Å². The summed E-state index contributed by atoms with van der Waals surface area (Å²) in [4.78, 5) is 0. The third kappa shape index (κ3) is 8.58. The average Bonchev–Trinajstić information content (AvgIpc) is 2.84. The molecular weight excluding hydrogens is 388 g/mol. The molecule has 0 N–H and O–H groups in total. The van der Waals surface area contributed by atoms with E-state index in [1.807, 2.05) is 0 Å². The average molecular weight is 433 g/mol. The SMILES string of the molecule is C/C=C/CCc1ccc(CCCC[C@H]2CC[C@H](c3ccc(COCCC)cc3)CC2)cc1. The second-order valence-corrected chi connectivity index (χ2v) is 9.68. The number of aryl methyl sites for hydroxylation is 2. The van der Waals surface area contributed by atoms with Gasteiger partial charge in [-0.05, 0) is 98.8 Å². The molecule has 3 rings (SSSR count). The Morgan fingerprint density at radius 2 is 1.47 bits per heavy atom. The molecule has 0 unspecified atom stereocenters. The first-order chi connectivity index (χ1) is 15.8. The highest BCUT2D eigenvalue weighted by atomic mass is 16.5. The number of benzene rings is 2. The second kappa shape index (κ2) is 14.3. The fraction of sp³-hybridized carbons (Fsp3) is 0.548. The van der Waals surface area contributed by atoms with Crippen molar-refractivity contribution in [1.29, 1.82) is 0 Å². The number of ether oxygens (including phenoxy) is 1. The predicted molar refractivity (Wildman–Crippen MR) is 138 cm³/mol. The van der Waals surface area contributed by atoms with E-state index in [1.165, 1.54) is 73.6 Å². The zero-order chi connectivity index (χ0) is 22.4. The molecule has 0 aliphatic heterocycles. The molecule has 1 fully saturated rings. The van der Waals surface area contributed by atoms with Crippen molar-refractivity contribution >= 4 is 0 Å². The van der Waals surface area contributed by atoms with Gasteiger partial charge in [0.1, 0.15) is 0 Å². The molecule has 174 valence electrons. The molecule has 0 radical (unpaired) electrons. The van der Waals surface area contributed by atoms with E-state index in [1.54, 1.807) is 0 Å². The summed E-state index contributed by atoms with van der Waals surface area (Å²) in [7, 11) is 0. The molecule has 0 spiro atoms. The van der Waals surface area contributed by atoms with E-state index in [9.17, 15) is 0 Å². The van der Waals surface area contributed by atoms with Gasteiger partial charge in [0.25, 0.3) is 0 Å². The van der Waals surface area contributed by atoms with E-state index < -0.39 is 0 Å². The fourth-order valence-corrected chi connectivity index (χ4v) is 5.06. The Morgan fingerprint density at radius 1 is 0.812 bits per heavy atom. The molecule has 1 nitrogen and oxygen atoms in total. The van der Waals surface area contributed by atoms with Gasteiger partial charge in [-0.1, -0.05) is 80.4 Å². The smallest absolute Gasteiger partial charge is 0.0716 e. The van der Waals surface area contributed by atoms with E-state index in [0.717, 1.165) is 44.3 Å². The van der Waals surface area contributed by atoms with Gasteiger partial charge < -0.3 is 4.74 Å². The van der Waals surface area contributed by atoms with Crippen LogP contribution in [0.1, 0.15) is 99.8 Å². The standard InChI is InChI=1S/C31H44O/c1-3-5-6-9-26-12-14-27(15-13-26)10-7-8-11-28-16-20-30(21-17-28)31-22-18-29(19-23-31)25-32-24-4-2/h3,5,12-15,18-19,22-23,28,30H,4,6-11,16-17,20-21,24-25H2,1-2H3/b5-3+/t28-,30-. The minimum absolute atomic E-state index is 0.752. The van der Waals surface area contributed by atoms with Crippen LogP contribution in [0.15, 0.2) is 60.7 Å². The van der Waals surface area contributed by atoms with Gasteiger partial charge in [0.15, 0.2) is 0 Å². The maximum atomic E-state index is 5.66. The predicted octanol–water partition coefficient (Wildman–Crippen LogP) is 8.81. The molecule has 1 aliphatic rings. The summed E-state index contributed by atoms with van der Waals surface area (Å²) < 4.78 is 5.66. The Hall–Kier alpha value is -1.86. The summed E-state index contributed by atoms with van der Waals surface area (Å²) in [6.45, 7) is 5.86. The number of rotatable bonds is 13. The van der Waals surface area contributed by atoms with E-state index in [0.29, 0.717) is 0 Å². The highest BCUT2D eigenvalue weighted by Crippen LogP contribution is 2.37. The minimum Gasteiger partial charge on any atom is -0.377 e. The van der Waals surface area contributed by atoms with Gasteiger partial charge in [-0.2, -0.15) is 0 Å². The normalized spacial score (nSPS) is 18.9. The van der Waals surface area contributed by atoms with Crippen LogP contribution in [0.25, 0.3) is 0 Å². The Bertz CT molecular complexity index is 763. The van der Waals surface area contributed by atoms with Crippen molar-refractivity contribution in [3.8, 4) is 0 Å². The lowest BCUT2D eigenvalue weighted by atomic mass is 9.77. The van der Waals surface area contributed by atoms with Gasteiger partial charge in [0.2, 0.25) is 0 Å². The maximum absolute atomic E-state index is 5.66. The molecule has 2 aromatic carbocycles. The van der Waals surface area contributed by atoms with Crippen molar-refractivity contribution in [2.45, 2.75) is 97.0 Å². The van der Waals surface area contributed by atoms with Crippen LogP contribution in [0, 0.1) is 5.92 Å². The largest absolute Gasteiger partial charge is 0.377 e. The molecule has 1 heteroatoms. The molecular formula is C31H44O. The quantitative estimate of drug-likeness (QED) is 0.227. The zero-order valence-electron chi connectivity index (χ0n) is 20.5. The number of allylic oxidation sites excluding steroid dienone is 2. The molecule has 0 bridgehead atoms. The van der Waals surface area contributed by atoms with E-state index in [-0.39, 0.29) is 0 Å². The van der Waals surface area contributed by atoms with Crippen LogP contribution in [0.2, 0.25) is 0 Å². The molecule has 1 saturated carbocycles. The Balaban J connectivity index is 1.30. The number of hydrogen-bond donors (Lipinski definition) is 0. The van der Waals surface area contributed by atoms with Crippen LogP contribution in [-0.2, 0) is 24.2 Å². The topological polar surface area (TPSA) is 9.23 Å². The number of unbranched alkanes of at least 4 members (excludes halogenated alkanes) is 1. The van der Waals surface area contributed by atoms with Crippen LogP contribution >= 0.6 is 0 Å². The minimum atomic E-state index is 0.752. The fourth-order valence-electron chi connectivity index (χ4n) is 5.06. The van der Waals surface area contributed by atoms with Gasteiger partial charge in [0.05, 0.1) is 6.61 Å². The molecule has 0 amide bonds.